The van der Waals surface area contributed by atoms with Gasteiger partial charge in [0.2, 0.25) is 0 Å². The summed E-state index contributed by atoms with van der Waals surface area (Å²) in [7, 11) is -5.08. The molecule has 1 atom stereocenters. The smallest absolute Gasteiger partial charge is 0.788 e. The van der Waals surface area contributed by atoms with Gasteiger partial charge < -0.3 is 14.4 Å². The van der Waals surface area contributed by atoms with Crippen molar-refractivity contribution in [3.05, 3.63) is 0 Å². The van der Waals surface area contributed by atoms with Gasteiger partial charge in [-0.05, 0) is 11.8 Å². The van der Waals surface area contributed by atoms with E-state index in [1.165, 1.54) is 70.6 Å². The van der Waals surface area contributed by atoms with E-state index in [2.05, 4.69) is 11.6 Å². The van der Waals surface area contributed by atoms with Crippen molar-refractivity contribution < 1.29 is 127 Å². The second kappa shape index (κ2) is 22.2. The molecule has 0 N–H and O–H groups in total. The Kier molecular flexibility index (Phi) is 28.4. The molecule has 0 aromatic heterocycles. The maximum absolute atomic E-state index is 10.6. The van der Waals surface area contributed by atoms with Crippen molar-refractivity contribution in [1.29, 1.82) is 0 Å². The predicted octanol–water partition coefficient (Wildman–Crippen LogP) is -0.333. The molecule has 0 bridgehead atoms. The van der Waals surface area contributed by atoms with Gasteiger partial charge in [-0.15, -0.1) is 0 Å². The summed E-state index contributed by atoms with van der Waals surface area (Å²) in [6, 6.07) is 0. The van der Waals surface area contributed by atoms with Gasteiger partial charge in [0.1, 0.15) is 7.82 Å². The third-order valence-corrected chi connectivity index (χ3v) is 5.05. The molecule has 0 aliphatic heterocycles. The van der Waals surface area contributed by atoms with E-state index in [4.69, 9.17) is 4.89 Å². The first-order chi connectivity index (χ1) is 12.2. The monoisotopic (exact) mass is 470 g/mol. The molecule has 1 unspecified atom stereocenters. The predicted molar refractivity (Wildman–Crippen MR) is 103 cm³/mol. The van der Waals surface area contributed by atoms with Crippen molar-refractivity contribution >= 4 is 7.82 Å². The molecule has 0 radical (unpaired) electrons. The van der Waals surface area contributed by atoms with Crippen LogP contribution in [0.1, 0.15) is 118 Å². The molecule has 0 spiro atoms. The molecule has 158 valence electrons. The molecule has 0 rings (SSSR count). The summed E-state index contributed by atoms with van der Waals surface area (Å²) >= 11 is 0. The molecule has 8 heteroatoms. The van der Waals surface area contributed by atoms with Crippen LogP contribution in [0.2, 0.25) is 0 Å². The van der Waals surface area contributed by atoms with Gasteiger partial charge >= 0.3 is 103 Å². The Morgan fingerprint density at radius 2 is 1.11 bits per heavy atom. The summed E-state index contributed by atoms with van der Waals surface area (Å²) < 4.78 is 14.6. The molecule has 0 fully saturated rings. The van der Waals surface area contributed by atoms with Crippen LogP contribution in [0, 0.1) is 5.41 Å². The van der Waals surface area contributed by atoms with E-state index < -0.39 is 13.9 Å². The minimum absolute atomic E-state index is 0. The molecular formula is C20H41K2O5P. The van der Waals surface area contributed by atoms with Crippen LogP contribution in [0.3, 0.4) is 0 Å². The third kappa shape index (κ3) is 25.6. The average Bonchev–Trinajstić information content (AvgIpc) is 2.52. The first-order valence-corrected chi connectivity index (χ1v) is 12.0. The van der Waals surface area contributed by atoms with Gasteiger partial charge in [-0.3, -0.25) is 0 Å². The second-order valence-electron chi connectivity index (χ2n) is 8.50. The van der Waals surface area contributed by atoms with E-state index in [9.17, 15) is 14.4 Å². The van der Waals surface area contributed by atoms with Crippen molar-refractivity contribution in [2.75, 3.05) is 0 Å². The first-order valence-electron chi connectivity index (χ1n) is 10.5. The summed E-state index contributed by atoms with van der Waals surface area (Å²) in [5, 5.41) is 0. The van der Waals surface area contributed by atoms with Crippen LogP contribution >= 0.6 is 7.82 Å². The maximum atomic E-state index is 10.6. The summed E-state index contributed by atoms with van der Waals surface area (Å²) in [5.74, 6) is 0. The minimum atomic E-state index is -5.08. The molecule has 0 aliphatic carbocycles. The topological polar surface area (TPSA) is 81.7 Å². The SMILES string of the molecule is CCCCCCCCCCCCCCCC(OOP(=O)([O-])[O-])C(C)(C)C.[K+].[K+]. The molecular weight excluding hydrogens is 429 g/mol. The van der Waals surface area contributed by atoms with Gasteiger partial charge in [0.15, 0.2) is 0 Å². The molecule has 0 heterocycles. The van der Waals surface area contributed by atoms with E-state index in [-0.39, 0.29) is 108 Å². The minimum Gasteiger partial charge on any atom is -0.788 e. The van der Waals surface area contributed by atoms with Gasteiger partial charge in [-0.25, -0.2) is 9.56 Å². The number of unbranched alkanes of at least 4 members (excludes halogenated alkanes) is 12. The molecule has 0 amide bonds. The van der Waals surface area contributed by atoms with Crippen LogP contribution in [0.25, 0.3) is 0 Å². The largest absolute Gasteiger partial charge is 1.00 e. The Balaban J connectivity index is -0.00000312. The van der Waals surface area contributed by atoms with Crippen molar-refractivity contribution in [2.24, 2.45) is 5.41 Å². The summed E-state index contributed by atoms with van der Waals surface area (Å²) in [6.07, 6.45) is 17.0. The zero-order valence-corrected chi connectivity index (χ0v) is 26.6. The van der Waals surface area contributed by atoms with Crippen molar-refractivity contribution in [3.63, 3.8) is 0 Å². The van der Waals surface area contributed by atoms with Crippen molar-refractivity contribution in [1.82, 2.24) is 0 Å². The van der Waals surface area contributed by atoms with Gasteiger partial charge in [0, 0.05) is 0 Å². The van der Waals surface area contributed by atoms with Gasteiger partial charge in [0.25, 0.3) is 0 Å². The second-order valence-corrected chi connectivity index (χ2v) is 9.55. The molecule has 5 nitrogen and oxygen atoms in total. The number of rotatable bonds is 17. The number of hydrogen-bond acceptors (Lipinski definition) is 5. The van der Waals surface area contributed by atoms with Gasteiger partial charge in [-0.1, -0.05) is 111 Å². The number of hydrogen-bond donors (Lipinski definition) is 0. The Bertz CT molecular complexity index is 372. The Labute approximate surface area is 259 Å². The van der Waals surface area contributed by atoms with E-state index >= 15 is 0 Å². The first kappa shape index (κ1) is 35.9. The van der Waals surface area contributed by atoms with Crippen LogP contribution < -0.4 is 113 Å². The fourth-order valence-corrected chi connectivity index (χ4v) is 3.29. The van der Waals surface area contributed by atoms with Gasteiger partial charge in [0.05, 0.1) is 6.10 Å². The van der Waals surface area contributed by atoms with Crippen LogP contribution in [-0.4, -0.2) is 6.10 Å². The standard InChI is InChI=1S/C20H43O5P.2K/c1-5-6-7-8-9-10-11-12-13-14-15-16-17-18-19(20(2,3)4)24-25-26(21,22)23;;/h19H,5-18H2,1-4H3,(H2,21,22,23);;/q;2*+1/p-2. The average molecular weight is 471 g/mol. The molecule has 0 aromatic rings. The van der Waals surface area contributed by atoms with Gasteiger partial charge in [-0.2, -0.15) is 0 Å². The van der Waals surface area contributed by atoms with E-state index in [1.54, 1.807) is 0 Å². The van der Waals surface area contributed by atoms with Crippen LogP contribution in [-0.2, 0) is 14.1 Å². The Morgan fingerprint density at radius 3 is 1.43 bits per heavy atom. The van der Waals surface area contributed by atoms with E-state index in [0.717, 1.165) is 12.8 Å². The molecule has 0 saturated carbocycles. The van der Waals surface area contributed by atoms with Crippen molar-refractivity contribution in [3.8, 4) is 0 Å². The summed E-state index contributed by atoms with van der Waals surface area (Å²) in [4.78, 5) is 26.0. The fourth-order valence-electron chi connectivity index (χ4n) is 3.08. The zero-order valence-electron chi connectivity index (χ0n) is 19.5. The third-order valence-electron chi connectivity index (χ3n) is 4.79. The molecule has 0 aromatic carbocycles. The normalized spacial score (nSPS) is 12.9. The van der Waals surface area contributed by atoms with E-state index in [1.807, 2.05) is 20.8 Å². The fraction of sp³-hybridized carbons (Fsp3) is 1.00. The quantitative estimate of drug-likeness (QED) is 0.0956. The Hall–Kier alpha value is 3.34. The Morgan fingerprint density at radius 1 is 0.750 bits per heavy atom. The molecule has 0 aliphatic rings. The number of phosphoric acid groups is 1. The van der Waals surface area contributed by atoms with Crippen molar-refractivity contribution in [2.45, 2.75) is 124 Å². The van der Waals surface area contributed by atoms with Crippen LogP contribution in [0.5, 0.6) is 0 Å². The maximum Gasteiger partial charge on any atom is 1.00 e. The zero-order chi connectivity index (χ0) is 19.9. The van der Waals surface area contributed by atoms with Crippen LogP contribution in [0.15, 0.2) is 0 Å². The van der Waals surface area contributed by atoms with E-state index in [0.29, 0.717) is 6.42 Å². The van der Waals surface area contributed by atoms with Crippen LogP contribution in [0.4, 0.5) is 0 Å². The molecule has 0 saturated heterocycles. The summed E-state index contributed by atoms with van der Waals surface area (Å²) in [6.45, 7) is 8.10. The summed E-state index contributed by atoms with van der Waals surface area (Å²) in [5.41, 5.74) is -0.272. The molecule has 28 heavy (non-hydrogen) atoms.